The van der Waals surface area contributed by atoms with Gasteiger partial charge in [-0.2, -0.15) is 0 Å². The number of hydrogen-bond donors (Lipinski definition) is 1. The van der Waals surface area contributed by atoms with Crippen LogP contribution < -0.4 is 14.8 Å². The summed E-state index contributed by atoms with van der Waals surface area (Å²) in [5.74, 6) is 1.79. The Morgan fingerprint density at radius 2 is 1.83 bits per heavy atom. The lowest BCUT2D eigenvalue weighted by Gasteiger charge is -2.16. The molecule has 0 saturated heterocycles. The Morgan fingerprint density at radius 3 is 2.50 bits per heavy atom. The van der Waals surface area contributed by atoms with E-state index in [4.69, 9.17) is 9.47 Å². The second-order valence-electron chi connectivity index (χ2n) is 4.75. The van der Waals surface area contributed by atoms with Crippen LogP contribution in [0.25, 0.3) is 0 Å². The summed E-state index contributed by atoms with van der Waals surface area (Å²) >= 11 is 0. The summed E-state index contributed by atoms with van der Waals surface area (Å²) in [6, 6.07) is 0. The highest BCUT2D eigenvalue weighted by molar-refractivity contribution is 6.00. The van der Waals surface area contributed by atoms with Crippen LogP contribution in [0.3, 0.4) is 0 Å². The summed E-state index contributed by atoms with van der Waals surface area (Å²) in [6.07, 6.45) is 1.67. The molecule has 0 spiro atoms. The highest BCUT2D eigenvalue weighted by atomic mass is 16.5. The van der Waals surface area contributed by atoms with Crippen LogP contribution in [0.5, 0.6) is 11.5 Å². The number of benzene rings is 1. The highest BCUT2D eigenvalue weighted by Gasteiger charge is 2.32. The molecule has 18 heavy (non-hydrogen) atoms. The first-order valence-corrected chi connectivity index (χ1v) is 6.35. The zero-order chi connectivity index (χ0) is 12.7. The van der Waals surface area contributed by atoms with Crippen LogP contribution in [0.15, 0.2) is 0 Å². The molecule has 1 N–H and O–H groups in total. The van der Waals surface area contributed by atoms with Crippen LogP contribution in [-0.2, 0) is 19.4 Å². The van der Waals surface area contributed by atoms with Gasteiger partial charge in [0.25, 0.3) is 0 Å². The van der Waals surface area contributed by atoms with E-state index in [1.807, 2.05) is 7.05 Å². The van der Waals surface area contributed by atoms with Gasteiger partial charge in [0.15, 0.2) is 5.78 Å². The van der Waals surface area contributed by atoms with E-state index >= 15 is 0 Å². The molecule has 0 unspecified atom stereocenters. The molecule has 0 aromatic heterocycles. The molecule has 4 nitrogen and oxygen atoms in total. The molecule has 3 rings (SSSR count). The molecule has 0 amide bonds. The first-order valence-electron chi connectivity index (χ1n) is 6.35. The maximum atomic E-state index is 11.9. The molecule has 4 heteroatoms. The summed E-state index contributed by atoms with van der Waals surface area (Å²) in [7, 11) is 1.92. The van der Waals surface area contributed by atoms with E-state index in [0.29, 0.717) is 13.2 Å². The maximum Gasteiger partial charge on any atom is 0.163 e. The Morgan fingerprint density at radius 1 is 1.17 bits per heavy atom. The topological polar surface area (TPSA) is 47.6 Å². The number of carbonyl (C=O) groups excluding carboxylic acids is 1. The number of hydrogen-bond acceptors (Lipinski definition) is 4. The van der Waals surface area contributed by atoms with E-state index < -0.39 is 0 Å². The van der Waals surface area contributed by atoms with Gasteiger partial charge in [0.05, 0.1) is 18.8 Å². The number of ether oxygens (including phenoxy) is 2. The Kier molecular flexibility index (Phi) is 2.74. The van der Waals surface area contributed by atoms with Crippen LogP contribution >= 0.6 is 0 Å². The van der Waals surface area contributed by atoms with Crippen LogP contribution in [-0.4, -0.2) is 26.0 Å². The number of carbonyl (C=O) groups is 1. The molecular weight excluding hydrogens is 230 g/mol. The van der Waals surface area contributed by atoms with Crippen LogP contribution in [0.4, 0.5) is 0 Å². The Labute approximate surface area is 106 Å². The lowest BCUT2D eigenvalue weighted by Crippen LogP contribution is -2.11. The van der Waals surface area contributed by atoms with Gasteiger partial charge in [0.2, 0.25) is 0 Å². The lowest BCUT2D eigenvalue weighted by molar-refractivity contribution is 0.101. The van der Waals surface area contributed by atoms with Crippen molar-refractivity contribution in [3.8, 4) is 11.5 Å². The van der Waals surface area contributed by atoms with Crippen molar-refractivity contribution in [1.29, 1.82) is 0 Å². The second kappa shape index (κ2) is 4.28. The van der Waals surface area contributed by atoms with Crippen LogP contribution in [0.1, 0.15) is 34.0 Å². The number of rotatable bonds is 3. The van der Waals surface area contributed by atoms with Gasteiger partial charge in [-0.1, -0.05) is 0 Å². The van der Waals surface area contributed by atoms with Gasteiger partial charge in [0.1, 0.15) is 11.5 Å². The van der Waals surface area contributed by atoms with E-state index in [9.17, 15) is 4.79 Å². The van der Waals surface area contributed by atoms with Crippen molar-refractivity contribution in [3.63, 3.8) is 0 Å². The van der Waals surface area contributed by atoms with Gasteiger partial charge >= 0.3 is 0 Å². The Balaban J connectivity index is 2.28. The van der Waals surface area contributed by atoms with Gasteiger partial charge in [-0.15, -0.1) is 0 Å². The molecule has 1 aromatic carbocycles. The Bertz CT molecular complexity index is 487. The molecular formula is C14H17NO3. The summed E-state index contributed by atoms with van der Waals surface area (Å²) < 4.78 is 11.4. The number of nitrogens with one attached hydrogen (secondary N) is 1. The minimum atomic E-state index is 0.0749. The van der Waals surface area contributed by atoms with E-state index in [2.05, 4.69) is 5.32 Å². The molecule has 2 aliphatic rings. The largest absolute Gasteiger partial charge is 0.493 e. The normalized spacial score (nSPS) is 15.9. The SMILES string of the molecule is CNCc1c2c(c(C(C)=O)c3c1OCC3)OCC2. The number of Topliss-reactive ketones (excluding diaryl/α,β-unsaturated/α-hetero) is 1. The molecule has 0 radical (unpaired) electrons. The predicted octanol–water partition coefficient (Wildman–Crippen LogP) is 1.48. The predicted molar refractivity (Wildman–Crippen MR) is 67.6 cm³/mol. The van der Waals surface area contributed by atoms with Gasteiger partial charge in [-0.05, 0) is 14.0 Å². The summed E-state index contributed by atoms with van der Waals surface area (Å²) in [5, 5.41) is 3.17. The first kappa shape index (κ1) is 11.5. The van der Waals surface area contributed by atoms with Crippen LogP contribution in [0, 0.1) is 0 Å². The average molecular weight is 247 g/mol. The van der Waals surface area contributed by atoms with Crippen molar-refractivity contribution in [2.24, 2.45) is 0 Å². The minimum absolute atomic E-state index is 0.0749. The standard InChI is InChI=1S/C14H17NO3/c1-8(16)12-10-4-6-17-13(10)11(7-15-2)9-3-5-18-14(9)12/h15H,3-7H2,1-2H3. The summed E-state index contributed by atoms with van der Waals surface area (Å²) in [4.78, 5) is 11.9. The third-order valence-corrected chi connectivity index (χ3v) is 3.62. The third-order valence-electron chi connectivity index (χ3n) is 3.62. The zero-order valence-electron chi connectivity index (χ0n) is 10.8. The van der Waals surface area contributed by atoms with E-state index in [-0.39, 0.29) is 5.78 Å². The number of fused-ring (bicyclic) bond motifs is 2. The van der Waals surface area contributed by atoms with Gasteiger partial charge in [0, 0.05) is 36.1 Å². The Hall–Kier alpha value is -1.55. The monoisotopic (exact) mass is 247 g/mol. The average Bonchev–Trinajstić information content (AvgIpc) is 2.96. The van der Waals surface area contributed by atoms with Crippen LogP contribution in [0.2, 0.25) is 0 Å². The van der Waals surface area contributed by atoms with Crippen molar-refractivity contribution in [1.82, 2.24) is 5.32 Å². The second-order valence-corrected chi connectivity index (χ2v) is 4.75. The van der Waals surface area contributed by atoms with E-state index in [1.54, 1.807) is 6.92 Å². The van der Waals surface area contributed by atoms with Gasteiger partial charge in [-0.3, -0.25) is 4.79 Å². The van der Waals surface area contributed by atoms with Gasteiger partial charge < -0.3 is 14.8 Å². The fourth-order valence-electron chi connectivity index (χ4n) is 2.94. The van der Waals surface area contributed by atoms with E-state index in [0.717, 1.165) is 47.6 Å². The number of ketones is 1. The fourth-order valence-corrected chi connectivity index (χ4v) is 2.94. The highest BCUT2D eigenvalue weighted by Crippen LogP contribution is 2.44. The molecule has 0 saturated carbocycles. The summed E-state index contributed by atoms with van der Waals surface area (Å²) in [6.45, 7) is 3.68. The maximum absolute atomic E-state index is 11.9. The molecule has 0 bridgehead atoms. The molecule has 0 fully saturated rings. The lowest BCUT2D eigenvalue weighted by atomic mass is 9.92. The smallest absolute Gasteiger partial charge is 0.163 e. The van der Waals surface area contributed by atoms with E-state index in [1.165, 1.54) is 5.56 Å². The van der Waals surface area contributed by atoms with Crippen molar-refractivity contribution >= 4 is 5.78 Å². The van der Waals surface area contributed by atoms with Crippen molar-refractivity contribution in [2.75, 3.05) is 20.3 Å². The molecule has 2 aliphatic heterocycles. The minimum Gasteiger partial charge on any atom is -0.493 e. The fraction of sp³-hybridized carbons (Fsp3) is 0.500. The molecule has 2 heterocycles. The summed E-state index contributed by atoms with van der Waals surface area (Å²) in [5.41, 5.74) is 4.10. The zero-order valence-corrected chi connectivity index (χ0v) is 10.8. The molecule has 96 valence electrons. The third kappa shape index (κ3) is 1.52. The van der Waals surface area contributed by atoms with Crippen molar-refractivity contribution in [2.45, 2.75) is 26.3 Å². The molecule has 0 atom stereocenters. The van der Waals surface area contributed by atoms with Gasteiger partial charge in [-0.25, -0.2) is 0 Å². The quantitative estimate of drug-likeness (QED) is 0.822. The van der Waals surface area contributed by atoms with Crippen molar-refractivity contribution in [3.05, 3.63) is 22.3 Å². The first-order chi connectivity index (χ1) is 8.74. The molecule has 1 aromatic rings. The van der Waals surface area contributed by atoms with Crippen molar-refractivity contribution < 1.29 is 14.3 Å². The molecule has 0 aliphatic carbocycles.